The van der Waals surface area contributed by atoms with Crippen LogP contribution in [0.4, 0.5) is 0 Å². The second-order valence-corrected chi connectivity index (χ2v) is 18.3. The van der Waals surface area contributed by atoms with Crippen molar-refractivity contribution in [2.75, 3.05) is 13.2 Å². The number of unbranched alkanes of at least 4 members (excludes halogenated alkanes) is 24. The van der Waals surface area contributed by atoms with Crippen molar-refractivity contribution >= 4 is 5.91 Å². The van der Waals surface area contributed by atoms with E-state index in [1.165, 1.54) is 128 Å². The van der Waals surface area contributed by atoms with Crippen molar-refractivity contribution in [1.29, 1.82) is 0 Å². The molecule has 1 aliphatic rings. The number of carbonyl (C=O) groups excluding carboxylic acids is 1. The molecule has 0 aromatic heterocycles. The Morgan fingerprint density at radius 1 is 0.538 bits per heavy atom. The average molecular weight is 914 g/mol. The number of hydrogen-bond donors (Lipinski definition) is 6. The highest BCUT2D eigenvalue weighted by Gasteiger charge is 2.44. The highest BCUT2D eigenvalue weighted by atomic mass is 16.7. The fourth-order valence-electron chi connectivity index (χ4n) is 8.07. The van der Waals surface area contributed by atoms with Gasteiger partial charge in [-0.25, -0.2) is 0 Å². The van der Waals surface area contributed by atoms with Crippen LogP contribution in [0.25, 0.3) is 0 Å². The normalized spacial score (nSPS) is 20.5. The molecule has 6 N–H and O–H groups in total. The van der Waals surface area contributed by atoms with E-state index in [0.29, 0.717) is 6.42 Å². The highest BCUT2D eigenvalue weighted by Crippen LogP contribution is 2.23. The van der Waals surface area contributed by atoms with Gasteiger partial charge in [0.05, 0.1) is 25.4 Å². The molecule has 1 aliphatic heterocycles. The number of allylic oxidation sites excluding steroid dienone is 11. The average Bonchev–Trinajstić information content (AvgIpc) is 3.31. The summed E-state index contributed by atoms with van der Waals surface area (Å²) >= 11 is 0. The summed E-state index contributed by atoms with van der Waals surface area (Å²) in [6, 6.07) is -0.802. The van der Waals surface area contributed by atoms with E-state index in [9.17, 15) is 30.3 Å². The molecular weight excluding hydrogens is 815 g/mol. The van der Waals surface area contributed by atoms with Crippen LogP contribution in [0.3, 0.4) is 0 Å². The maximum Gasteiger partial charge on any atom is 0.220 e. The van der Waals surface area contributed by atoms with Gasteiger partial charge >= 0.3 is 0 Å². The Morgan fingerprint density at radius 3 is 1.42 bits per heavy atom. The summed E-state index contributed by atoms with van der Waals surface area (Å²) in [5.41, 5.74) is 0. The zero-order valence-corrected chi connectivity index (χ0v) is 41.5. The Hall–Kier alpha value is -2.37. The van der Waals surface area contributed by atoms with Gasteiger partial charge in [0.25, 0.3) is 0 Å². The number of amides is 1. The standard InChI is InChI=1S/C56H99NO8/c1-3-5-7-9-11-12-13-14-15-16-17-18-19-20-21-22-23-24-25-26-27-28-29-30-31-32-33-34-35-36-37-38-40-42-44-46-52(60)57-49(50(59)45-43-41-39-10-8-6-4-2)48-64-56-55(63)54(62)53(61)51(47-58)65-56/h5,7,11-12,14-15,17-18,20-21,43,45,49-51,53-56,58-59,61-63H,3-4,6,8-10,13,16,19,22-42,44,46-48H2,1-2H3,(H,57,60)/b7-5-,12-11-,15-14-,18-17-,21-20-,45-43+. The molecule has 0 aliphatic carbocycles. The van der Waals surface area contributed by atoms with Gasteiger partial charge < -0.3 is 40.3 Å². The minimum Gasteiger partial charge on any atom is -0.394 e. The first-order valence-electron chi connectivity index (χ1n) is 26.7. The number of aliphatic hydroxyl groups is 5. The third-order valence-corrected chi connectivity index (χ3v) is 12.3. The van der Waals surface area contributed by atoms with E-state index in [1.54, 1.807) is 6.08 Å². The van der Waals surface area contributed by atoms with Crippen molar-refractivity contribution < 1.29 is 39.8 Å². The Bertz CT molecular complexity index is 1240. The van der Waals surface area contributed by atoms with Gasteiger partial charge in [-0.2, -0.15) is 0 Å². The van der Waals surface area contributed by atoms with E-state index in [-0.39, 0.29) is 12.5 Å². The molecule has 65 heavy (non-hydrogen) atoms. The Balaban J connectivity index is 2.04. The lowest BCUT2D eigenvalue weighted by molar-refractivity contribution is -0.302. The molecule has 7 atom stereocenters. The van der Waals surface area contributed by atoms with Gasteiger partial charge in [-0.3, -0.25) is 4.79 Å². The zero-order chi connectivity index (χ0) is 47.3. The van der Waals surface area contributed by atoms with E-state index < -0.39 is 49.5 Å². The van der Waals surface area contributed by atoms with Gasteiger partial charge in [-0.05, 0) is 64.2 Å². The summed E-state index contributed by atoms with van der Waals surface area (Å²) in [6.45, 7) is 3.59. The molecule has 0 aromatic rings. The van der Waals surface area contributed by atoms with Crippen LogP contribution in [0, 0.1) is 0 Å². The molecule has 1 fully saturated rings. The molecule has 7 unspecified atom stereocenters. The summed E-state index contributed by atoms with van der Waals surface area (Å²) in [7, 11) is 0. The third-order valence-electron chi connectivity index (χ3n) is 12.3. The Kier molecular flexibility index (Phi) is 42.4. The zero-order valence-electron chi connectivity index (χ0n) is 41.5. The summed E-state index contributed by atoms with van der Waals surface area (Å²) in [6.07, 6.45) is 55.8. The van der Waals surface area contributed by atoms with Crippen LogP contribution >= 0.6 is 0 Å². The Labute approximate surface area is 398 Å². The van der Waals surface area contributed by atoms with E-state index in [2.05, 4.69) is 79.9 Å². The van der Waals surface area contributed by atoms with Gasteiger partial charge in [0.2, 0.25) is 5.91 Å². The lowest BCUT2D eigenvalue weighted by Gasteiger charge is -2.40. The molecule has 9 nitrogen and oxygen atoms in total. The number of hydrogen-bond acceptors (Lipinski definition) is 8. The predicted molar refractivity (Wildman–Crippen MR) is 272 cm³/mol. The van der Waals surface area contributed by atoms with E-state index in [4.69, 9.17) is 9.47 Å². The predicted octanol–water partition coefficient (Wildman–Crippen LogP) is 12.5. The number of nitrogens with one attached hydrogen (secondary N) is 1. The SMILES string of the molecule is CC/C=C\C/C=C\C/C=C\C/C=C\C/C=C\CCCCCCCCCCCCCCCCCCCCCC(=O)NC(COC1OC(CO)C(O)C(O)C1O)C(O)/C=C/CCCCCCC. The number of aliphatic hydroxyl groups excluding tert-OH is 5. The second kappa shape index (κ2) is 45.4. The van der Waals surface area contributed by atoms with Gasteiger partial charge in [0.1, 0.15) is 24.4 Å². The first-order valence-corrected chi connectivity index (χ1v) is 26.7. The number of carbonyl (C=O) groups is 1. The number of rotatable bonds is 44. The molecule has 0 aromatic carbocycles. The van der Waals surface area contributed by atoms with Gasteiger partial charge in [0.15, 0.2) is 6.29 Å². The summed E-state index contributed by atoms with van der Waals surface area (Å²) in [4.78, 5) is 12.9. The van der Waals surface area contributed by atoms with Crippen molar-refractivity contribution in [1.82, 2.24) is 5.32 Å². The van der Waals surface area contributed by atoms with Crippen LogP contribution in [0.5, 0.6) is 0 Å². The monoisotopic (exact) mass is 914 g/mol. The molecule has 0 bridgehead atoms. The first-order chi connectivity index (χ1) is 31.8. The van der Waals surface area contributed by atoms with Crippen LogP contribution in [0.2, 0.25) is 0 Å². The fourth-order valence-corrected chi connectivity index (χ4v) is 8.07. The van der Waals surface area contributed by atoms with E-state index >= 15 is 0 Å². The van der Waals surface area contributed by atoms with Crippen molar-refractivity contribution in [3.63, 3.8) is 0 Å². The molecule has 1 saturated heterocycles. The van der Waals surface area contributed by atoms with Crippen molar-refractivity contribution in [3.8, 4) is 0 Å². The fraction of sp³-hybridized carbons (Fsp3) is 0.768. The van der Waals surface area contributed by atoms with E-state index in [1.807, 2.05) is 6.08 Å². The molecule has 376 valence electrons. The van der Waals surface area contributed by atoms with Gasteiger partial charge in [-0.1, -0.05) is 222 Å². The molecule has 1 amide bonds. The maximum atomic E-state index is 12.9. The van der Waals surface area contributed by atoms with Gasteiger partial charge in [0, 0.05) is 6.42 Å². The minimum absolute atomic E-state index is 0.182. The van der Waals surface area contributed by atoms with Crippen molar-refractivity contribution in [2.45, 2.75) is 262 Å². The third kappa shape index (κ3) is 35.4. The minimum atomic E-state index is -1.56. The Morgan fingerprint density at radius 2 is 0.954 bits per heavy atom. The van der Waals surface area contributed by atoms with Gasteiger partial charge in [-0.15, -0.1) is 0 Å². The van der Waals surface area contributed by atoms with Crippen LogP contribution in [-0.2, 0) is 14.3 Å². The molecule has 0 saturated carbocycles. The highest BCUT2D eigenvalue weighted by molar-refractivity contribution is 5.76. The molecule has 1 rings (SSSR count). The lowest BCUT2D eigenvalue weighted by atomic mass is 9.99. The maximum absolute atomic E-state index is 12.9. The molecule has 9 heteroatoms. The van der Waals surface area contributed by atoms with Crippen molar-refractivity contribution in [3.05, 3.63) is 72.9 Å². The molecular formula is C56H99NO8. The quantitative estimate of drug-likeness (QED) is 0.0261. The molecule has 1 heterocycles. The summed E-state index contributed by atoms with van der Waals surface area (Å²) in [5, 5.41) is 54.0. The first kappa shape index (κ1) is 60.6. The second-order valence-electron chi connectivity index (χ2n) is 18.3. The lowest BCUT2D eigenvalue weighted by Crippen LogP contribution is -2.60. The molecule has 0 spiro atoms. The van der Waals surface area contributed by atoms with E-state index in [0.717, 1.165) is 70.6 Å². The largest absolute Gasteiger partial charge is 0.394 e. The van der Waals surface area contributed by atoms with Crippen molar-refractivity contribution in [2.24, 2.45) is 0 Å². The summed E-state index contributed by atoms with van der Waals surface area (Å²) < 4.78 is 11.2. The number of ether oxygens (including phenoxy) is 2. The smallest absolute Gasteiger partial charge is 0.220 e. The topological polar surface area (TPSA) is 149 Å². The van der Waals surface area contributed by atoms with Crippen LogP contribution in [0.1, 0.15) is 219 Å². The molecule has 0 radical (unpaired) electrons. The summed E-state index contributed by atoms with van der Waals surface area (Å²) in [5.74, 6) is -0.182. The van der Waals surface area contributed by atoms with Crippen LogP contribution < -0.4 is 5.32 Å². The van der Waals surface area contributed by atoms with Crippen LogP contribution in [-0.4, -0.2) is 87.5 Å². The van der Waals surface area contributed by atoms with Crippen LogP contribution in [0.15, 0.2) is 72.9 Å².